The number of carbonyl (C=O) groups is 1. The van der Waals surface area contributed by atoms with Crippen LogP contribution < -0.4 is 11.1 Å². The highest BCUT2D eigenvalue weighted by Gasteiger charge is 2.61. The first-order chi connectivity index (χ1) is 14.3. The van der Waals surface area contributed by atoms with Crippen LogP contribution in [0.2, 0.25) is 0 Å². The van der Waals surface area contributed by atoms with E-state index in [1.54, 1.807) is 0 Å². The minimum absolute atomic E-state index is 0.126. The fourth-order valence-corrected chi connectivity index (χ4v) is 8.94. The second-order valence-corrected chi connectivity index (χ2v) is 11.9. The third-order valence-corrected chi connectivity index (χ3v) is 10.5. The van der Waals surface area contributed by atoms with Gasteiger partial charge in [0, 0.05) is 12.5 Å². The summed E-state index contributed by atoms with van der Waals surface area (Å²) in [7, 11) is 0. The minimum Gasteiger partial charge on any atom is -0.393 e. The Kier molecular flexibility index (Phi) is 6.57. The fraction of sp³-hybridized carbons (Fsp3) is 0.962. The van der Waals surface area contributed by atoms with Gasteiger partial charge in [0.15, 0.2) is 0 Å². The number of rotatable bonds is 7. The van der Waals surface area contributed by atoms with E-state index in [0.717, 1.165) is 43.6 Å². The van der Waals surface area contributed by atoms with Crippen LogP contribution >= 0.6 is 0 Å². The van der Waals surface area contributed by atoms with Crippen molar-refractivity contribution in [2.75, 3.05) is 6.54 Å². The van der Waals surface area contributed by atoms with Crippen molar-refractivity contribution < 1.29 is 9.90 Å². The first-order valence-corrected chi connectivity index (χ1v) is 13.0. The van der Waals surface area contributed by atoms with Gasteiger partial charge in [-0.3, -0.25) is 4.79 Å². The second-order valence-electron chi connectivity index (χ2n) is 11.9. The number of aliphatic hydroxyl groups excluding tert-OH is 1. The lowest BCUT2D eigenvalue weighted by atomic mass is 9.44. The van der Waals surface area contributed by atoms with Gasteiger partial charge in [-0.15, -0.1) is 0 Å². The number of carbonyl (C=O) groups excluding carboxylic acids is 1. The van der Waals surface area contributed by atoms with Gasteiger partial charge in [0.25, 0.3) is 0 Å². The first-order valence-electron chi connectivity index (χ1n) is 13.0. The molecule has 0 aromatic heterocycles. The zero-order valence-corrected chi connectivity index (χ0v) is 19.7. The van der Waals surface area contributed by atoms with Crippen LogP contribution in [0.3, 0.4) is 0 Å². The molecule has 0 bridgehead atoms. The second kappa shape index (κ2) is 8.73. The highest BCUT2D eigenvalue weighted by molar-refractivity contribution is 5.73. The smallest absolute Gasteiger partial charge is 0.217 e. The van der Waals surface area contributed by atoms with Gasteiger partial charge in [0.05, 0.1) is 6.10 Å². The van der Waals surface area contributed by atoms with Gasteiger partial charge in [-0.1, -0.05) is 20.8 Å². The largest absolute Gasteiger partial charge is 0.393 e. The molecule has 0 aliphatic heterocycles. The molecule has 4 aliphatic rings. The number of nitrogens with one attached hydrogen (secondary N) is 1. The summed E-state index contributed by atoms with van der Waals surface area (Å²) in [6.07, 6.45) is 13.8. The van der Waals surface area contributed by atoms with Crippen LogP contribution in [-0.2, 0) is 4.79 Å². The topological polar surface area (TPSA) is 75.3 Å². The molecule has 4 saturated carbocycles. The van der Waals surface area contributed by atoms with Crippen molar-refractivity contribution in [3.8, 4) is 0 Å². The zero-order chi connectivity index (χ0) is 21.5. The summed E-state index contributed by atoms with van der Waals surface area (Å²) in [4.78, 5) is 11.2. The van der Waals surface area contributed by atoms with Crippen molar-refractivity contribution in [2.24, 2.45) is 46.2 Å². The average Bonchev–Trinajstić information content (AvgIpc) is 3.03. The zero-order valence-electron chi connectivity index (χ0n) is 19.7. The summed E-state index contributed by atoms with van der Waals surface area (Å²) in [6.45, 7) is 8.42. The monoisotopic (exact) mass is 418 g/mol. The number of hydrogen-bond donors (Lipinski definition) is 3. The summed E-state index contributed by atoms with van der Waals surface area (Å²) in [5.74, 6) is 3.30. The van der Waals surface area contributed by atoms with E-state index in [1.165, 1.54) is 51.4 Å². The third kappa shape index (κ3) is 3.85. The number of hydrogen-bond acceptors (Lipinski definition) is 3. The Bertz CT molecular complexity index is 624. The van der Waals surface area contributed by atoms with Gasteiger partial charge < -0.3 is 16.2 Å². The minimum atomic E-state index is -0.156. The van der Waals surface area contributed by atoms with Gasteiger partial charge >= 0.3 is 0 Å². The molecule has 0 radical (unpaired) electrons. The molecule has 30 heavy (non-hydrogen) atoms. The van der Waals surface area contributed by atoms with E-state index in [9.17, 15) is 9.90 Å². The maximum Gasteiger partial charge on any atom is 0.217 e. The molecule has 0 aromatic carbocycles. The molecule has 4 rings (SSSR count). The molecule has 4 aliphatic carbocycles. The van der Waals surface area contributed by atoms with E-state index in [4.69, 9.17) is 5.73 Å². The molecule has 1 amide bonds. The number of primary amides is 1. The Balaban J connectivity index is 1.47. The summed E-state index contributed by atoms with van der Waals surface area (Å²) in [5.41, 5.74) is 6.11. The standard InChI is InChI=1S/C26H46N2O2/c1-4-14-28-18-10-12-26(3)21-11-13-25(2)17(6-5-7-24(27)30)8-9-20(25)19(21)16-23(29)22(26)15-18/h17-23,28-29H,4-16H2,1-3H3,(H2,27,30). The van der Waals surface area contributed by atoms with Crippen molar-refractivity contribution in [2.45, 2.75) is 110 Å². The van der Waals surface area contributed by atoms with E-state index in [0.29, 0.717) is 35.1 Å². The lowest BCUT2D eigenvalue weighted by Crippen LogP contribution is -2.59. The number of aliphatic hydroxyl groups is 1. The molecule has 4 nitrogen and oxygen atoms in total. The van der Waals surface area contributed by atoms with Crippen molar-refractivity contribution in [1.82, 2.24) is 5.32 Å². The van der Waals surface area contributed by atoms with Crippen LogP contribution in [0.5, 0.6) is 0 Å². The van der Waals surface area contributed by atoms with Crippen LogP contribution in [0, 0.1) is 40.4 Å². The Labute approximate surface area is 184 Å². The van der Waals surface area contributed by atoms with E-state index in [2.05, 4.69) is 26.1 Å². The van der Waals surface area contributed by atoms with Crippen LogP contribution in [0.1, 0.15) is 97.8 Å². The van der Waals surface area contributed by atoms with Crippen LogP contribution in [-0.4, -0.2) is 29.7 Å². The molecule has 0 spiro atoms. The molecule has 172 valence electrons. The predicted molar refractivity (Wildman–Crippen MR) is 122 cm³/mol. The summed E-state index contributed by atoms with van der Waals surface area (Å²) in [5, 5.41) is 15.1. The highest BCUT2D eigenvalue weighted by Crippen LogP contribution is 2.67. The molecular formula is C26H46N2O2. The third-order valence-electron chi connectivity index (χ3n) is 10.5. The number of nitrogens with two attached hydrogens (primary N) is 1. The number of amides is 1. The normalized spacial score (nSPS) is 47.9. The van der Waals surface area contributed by atoms with Crippen LogP contribution in [0.4, 0.5) is 0 Å². The van der Waals surface area contributed by atoms with Gasteiger partial charge in [0.1, 0.15) is 0 Å². The van der Waals surface area contributed by atoms with Crippen LogP contribution in [0.25, 0.3) is 0 Å². The molecule has 9 atom stereocenters. The Morgan fingerprint density at radius 2 is 1.77 bits per heavy atom. The molecule has 0 aromatic rings. The maximum atomic E-state index is 11.3. The molecule has 0 saturated heterocycles. The summed E-state index contributed by atoms with van der Waals surface area (Å²) in [6, 6.07) is 0.601. The van der Waals surface area contributed by atoms with Crippen molar-refractivity contribution in [1.29, 1.82) is 0 Å². The molecule has 4 fully saturated rings. The lowest BCUT2D eigenvalue weighted by molar-refractivity contribution is -0.161. The average molecular weight is 419 g/mol. The van der Waals surface area contributed by atoms with E-state index in [-0.39, 0.29) is 12.0 Å². The first kappa shape index (κ1) is 22.6. The van der Waals surface area contributed by atoms with Gasteiger partial charge in [-0.2, -0.15) is 0 Å². The predicted octanol–water partition coefficient (Wildman–Crippen LogP) is 4.64. The molecule has 4 N–H and O–H groups in total. The van der Waals surface area contributed by atoms with Gasteiger partial charge in [-0.25, -0.2) is 0 Å². The van der Waals surface area contributed by atoms with Crippen molar-refractivity contribution in [3.63, 3.8) is 0 Å². The van der Waals surface area contributed by atoms with Gasteiger partial charge in [0.2, 0.25) is 5.91 Å². The Morgan fingerprint density at radius 3 is 2.50 bits per heavy atom. The summed E-state index contributed by atoms with van der Waals surface area (Å²) < 4.78 is 0. The fourth-order valence-electron chi connectivity index (χ4n) is 8.94. The lowest BCUT2D eigenvalue weighted by Gasteiger charge is -2.62. The Morgan fingerprint density at radius 1 is 1.03 bits per heavy atom. The van der Waals surface area contributed by atoms with E-state index in [1.807, 2.05) is 0 Å². The summed E-state index contributed by atoms with van der Waals surface area (Å²) >= 11 is 0. The quantitative estimate of drug-likeness (QED) is 0.564. The molecule has 9 unspecified atom stereocenters. The molecule has 4 heteroatoms. The molecule has 0 heterocycles. The van der Waals surface area contributed by atoms with Crippen LogP contribution in [0.15, 0.2) is 0 Å². The SMILES string of the molecule is CCCNC1CCC2(C)C(C1)C(O)CC1C3CCC(CCCC(N)=O)C3(C)CCC12. The van der Waals surface area contributed by atoms with E-state index < -0.39 is 0 Å². The highest BCUT2D eigenvalue weighted by atomic mass is 16.3. The van der Waals surface area contributed by atoms with Crippen molar-refractivity contribution >= 4 is 5.91 Å². The van der Waals surface area contributed by atoms with E-state index >= 15 is 0 Å². The maximum absolute atomic E-state index is 11.3. The number of fused-ring (bicyclic) bond motifs is 5. The van der Waals surface area contributed by atoms with Gasteiger partial charge in [-0.05, 0) is 118 Å². The Hall–Kier alpha value is -0.610. The molecular weight excluding hydrogens is 372 g/mol. The van der Waals surface area contributed by atoms with Crippen molar-refractivity contribution in [3.05, 3.63) is 0 Å².